The lowest BCUT2D eigenvalue weighted by atomic mass is 10.1. The Morgan fingerprint density at radius 1 is 1.08 bits per heavy atom. The molecule has 0 unspecified atom stereocenters. The number of rotatable bonds is 4. The summed E-state index contributed by atoms with van der Waals surface area (Å²) in [6.45, 7) is 3.74. The lowest BCUT2D eigenvalue weighted by molar-refractivity contribution is 0.0988. The van der Waals surface area contributed by atoms with E-state index in [2.05, 4.69) is 10.5 Å². The molecule has 3 N–H and O–H groups in total. The first kappa shape index (κ1) is 16.4. The number of carbonyl (C=O) groups excluding carboxylic acids is 2. The number of nitrogens with one attached hydrogen (secondary N) is 1. The van der Waals surface area contributed by atoms with Crippen LogP contribution in [0.25, 0.3) is 11.3 Å². The largest absolute Gasteiger partial charge is 0.366 e. The van der Waals surface area contributed by atoms with Crippen molar-refractivity contribution in [2.24, 2.45) is 5.73 Å². The molecule has 0 saturated heterocycles. The van der Waals surface area contributed by atoms with Gasteiger partial charge in [-0.05, 0) is 25.5 Å². The van der Waals surface area contributed by atoms with Crippen molar-refractivity contribution in [3.63, 3.8) is 0 Å². The van der Waals surface area contributed by atoms with Crippen molar-refractivity contribution in [1.82, 2.24) is 5.16 Å². The summed E-state index contributed by atoms with van der Waals surface area (Å²) < 4.78 is 5.14. The Bertz CT molecular complexity index is 943. The quantitative estimate of drug-likeness (QED) is 0.764. The Morgan fingerprint density at radius 2 is 1.80 bits per heavy atom. The highest BCUT2D eigenvalue weighted by atomic mass is 16.5. The van der Waals surface area contributed by atoms with Crippen LogP contribution < -0.4 is 11.1 Å². The maximum atomic E-state index is 12.4. The number of nitrogens with zero attached hydrogens (tertiary/aromatic N) is 1. The number of primary amides is 1. The summed E-state index contributed by atoms with van der Waals surface area (Å²) in [7, 11) is 0. The average molecular weight is 335 g/mol. The number of aromatic nitrogens is 1. The fourth-order valence-electron chi connectivity index (χ4n) is 2.53. The molecule has 0 aliphatic heterocycles. The van der Waals surface area contributed by atoms with Gasteiger partial charge in [-0.2, -0.15) is 0 Å². The van der Waals surface area contributed by atoms with Gasteiger partial charge in [-0.15, -0.1) is 0 Å². The Kier molecular flexibility index (Phi) is 4.35. The fourth-order valence-corrected chi connectivity index (χ4v) is 2.53. The number of aryl methyl sites for hydroxylation is 2. The highest BCUT2D eigenvalue weighted by molar-refractivity contribution is 6.08. The second-order valence-electron chi connectivity index (χ2n) is 5.76. The van der Waals surface area contributed by atoms with E-state index in [1.54, 1.807) is 31.2 Å². The van der Waals surface area contributed by atoms with Gasteiger partial charge in [0.2, 0.25) is 5.76 Å². The van der Waals surface area contributed by atoms with Crippen LogP contribution in [0.15, 0.2) is 53.1 Å². The molecule has 3 rings (SSSR count). The Hall–Kier alpha value is -3.41. The molecule has 25 heavy (non-hydrogen) atoms. The molecule has 0 atom stereocenters. The third-order valence-corrected chi connectivity index (χ3v) is 3.85. The molecule has 6 nitrogen and oxygen atoms in total. The first-order chi connectivity index (χ1) is 12.0. The van der Waals surface area contributed by atoms with Crippen molar-refractivity contribution in [3.8, 4) is 11.3 Å². The first-order valence-electron chi connectivity index (χ1n) is 7.70. The average Bonchev–Trinajstić information content (AvgIpc) is 3.05. The third-order valence-electron chi connectivity index (χ3n) is 3.85. The van der Waals surface area contributed by atoms with Crippen molar-refractivity contribution >= 4 is 17.5 Å². The number of amides is 2. The van der Waals surface area contributed by atoms with Gasteiger partial charge in [-0.25, -0.2) is 0 Å². The molecule has 0 aliphatic carbocycles. The summed E-state index contributed by atoms with van der Waals surface area (Å²) in [5, 5.41) is 6.58. The van der Waals surface area contributed by atoms with Gasteiger partial charge in [0.25, 0.3) is 11.8 Å². The number of nitrogens with two attached hydrogens (primary N) is 1. The van der Waals surface area contributed by atoms with E-state index in [9.17, 15) is 9.59 Å². The van der Waals surface area contributed by atoms with Crippen molar-refractivity contribution < 1.29 is 14.1 Å². The smallest absolute Gasteiger partial charge is 0.294 e. The van der Waals surface area contributed by atoms with Gasteiger partial charge in [-0.3, -0.25) is 9.59 Å². The zero-order valence-electron chi connectivity index (χ0n) is 13.9. The van der Waals surface area contributed by atoms with E-state index < -0.39 is 11.8 Å². The summed E-state index contributed by atoms with van der Waals surface area (Å²) in [6.07, 6.45) is 0. The van der Waals surface area contributed by atoms with Crippen LogP contribution in [0.5, 0.6) is 0 Å². The van der Waals surface area contributed by atoms with Gasteiger partial charge >= 0.3 is 0 Å². The minimum atomic E-state index is -0.605. The van der Waals surface area contributed by atoms with Crippen LogP contribution in [-0.2, 0) is 0 Å². The number of benzene rings is 2. The number of hydrogen-bond donors (Lipinski definition) is 2. The third kappa shape index (κ3) is 3.42. The van der Waals surface area contributed by atoms with E-state index in [-0.39, 0.29) is 11.3 Å². The molecule has 0 bridgehead atoms. The minimum Gasteiger partial charge on any atom is -0.366 e. The summed E-state index contributed by atoms with van der Waals surface area (Å²) in [5.74, 6) is -1.06. The highest BCUT2D eigenvalue weighted by Crippen LogP contribution is 2.22. The van der Waals surface area contributed by atoms with E-state index in [4.69, 9.17) is 10.3 Å². The Morgan fingerprint density at radius 3 is 2.48 bits per heavy atom. The molecule has 2 aromatic carbocycles. The summed E-state index contributed by atoms with van der Waals surface area (Å²) >= 11 is 0. The molecular weight excluding hydrogens is 318 g/mol. The van der Waals surface area contributed by atoms with Gasteiger partial charge < -0.3 is 15.6 Å². The van der Waals surface area contributed by atoms with Crippen molar-refractivity contribution in [3.05, 3.63) is 71.0 Å². The monoisotopic (exact) mass is 335 g/mol. The summed E-state index contributed by atoms with van der Waals surface area (Å²) in [5.41, 5.74) is 9.23. The predicted molar refractivity (Wildman–Crippen MR) is 94.3 cm³/mol. The fraction of sp³-hybridized carbons (Fsp3) is 0.105. The second kappa shape index (κ2) is 6.60. The molecule has 0 fully saturated rings. The molecule has 0 saturated carbocycles. The SMILES string of the molecule is Cc1ccc(-c2cc(C(=O)Nc3cccc(C)c3C(N)=O)on2)cc1. The predicted octanol–water partition coefficient (Wildman–Crippen LogP) is 3.31. The van der Waals surface area contributed by atoms with Crippen LogP contribution in [-0.4, -0.2) is 17.0 Å². The lowest BCUT2D eigenvalue weighted by Gasteiger charge is -2.09. The standard InChI is InChI=1S/C19H17N3O3/c1-11-6-8-13(9-7-11)15-10-16(25-22-15)19(24)21-14-5-3-4-12(2)17(14)18(20)23/h3-10H,1-2H3,(H2,20,23)(H,21,24). The molecule has 126 valence electrons. The molecule has 0 radical (unpaired) electrons. The van der Waals surface area contributed by atoms with E-state index in [1.165, 1.54) is 0 Å². The van der Waals surface area contributed by atoms with Crippen LogP contribution >= 0.6 is 0 Å². The lowest BCUT2D eigenvalue weighted by Crippen LogP contribution is -2.19. The molecule has 2 amide bonds. The molecular formula is C19H17N3O3. The summed E-state index contributed by atoms with van der Waals surface area (Å²) in [4.78, 5) is 24.0. The Labute approximate surface area is 144 Å². The van der Waals surface area contributed by atoms with Crippen LogP contribution in [0, 0.1) is 13.8 Å². The topological polar surface area (TPSA) is 98.2 Å². The molecule has 1 aromatic heterocycles. The van der Waals surface area contributed by atoms with Crippen molar-refractivity contribution in [2.45, 2.75) is 13.8 Å². The van der Waals surface area contributed by atoms with Gasteiger partial charge in [-0.1, -0.05) is 47.1 Å². The van der Waals surface area contributed by atoms with Crippen LogP contribution in [0.1, 0.15) is 32.0 Å². The van der Waals surface area contributed by atoms with E-state index in [1.807, 2.05) is 31.2 Å². The summed E-state index contributed by atoms with van der Waals surface area (Å²) in [6, 6.07) is 14.4. The van der Waals surface area contributed by atoms with Gasteiger partial charge in [0.05, 0.1) is 11.3 Å². The molecule has 0 spiro atoms. The molecule has 3 aromatic rings. The number of carbonyl (C=O) groups is 2. The van der Waals surface area contributed by atoms with Gasteiger partial charge in [0.1, 0.15) is 5.69 Å². The maximum Gasteiger partial charge on any atom is 0.294 e. The van der Waals surface area contributed by atoms with E-state index >= 15 is 0 Å². The first-order valence-corrected chi connectivity index (χ1v) is 7.70. The van der Waals surface area contributed by atoms with Gasteiger partial charge in [0, 0.05) is 11.6 Å². The molecule has 1 heterocycles. The highest BCUT2D eigenvalue weighted by Gasteiger charge is 2.18. The number of anilines is 1. The minimum absolute atomic E-state index is 0.0486. The van der Waals surface area contributed by atoms with Gasteiger partial charge in [0.15, 0.2) is 0 Å². The molecule has 6 heteroatoms. The molecule has 0 aliphatic rings. The zero-order chi connectivity index (χ0) is 18.0. The Balaban J connectivity index is 1.85. The van der Waals surface area contributed by atoms with Crippen molar-refractivity contribution in [2.75, 3.05) is 5.32 Å². The van der Waals surface area contributed by atoms with Crippen LogP contribution in [0.2, 0.25) is 0 Å². The van der Waals surface area contributed by atoms with Crippen LogP contribution in [0.4, 0.5) is 5.69 Å². The van der Waals surface area contributed by atoms with E-state index in [0.717, 1.165) is 11.1 Å². The number of hydrogen-bond acceptors (Lipinski definition) is 4. The normalized spacial score (nSPS) is 10.5. The maximum absolute atomic E-state index is 12.4. The zero-order valence-corrected chi connectivity index (χ0v) is 13.9. The second-order valence-corrected chi connectivity index (χ2v) is 5.76. The van der Waals surface area contributed by atoms with Crippen molar-refractivity contribution in [1.29, 1.82) is 0 Å². The van der Waals surface area contributed by atoms with E-state index in [0.29, 0.717) is 16.9 Å². The van der Waals surface area contributed by atoms with Crippen LogP contribution in [0.3, 0.4) is 0 Å².